The van der Waals surface area contributed by atoms with Gasteiger partial charge in [-0.2, -0.15) is 0 Å². The summed E-state index contributed by atoms with van der Waals surface area (Å²) in [5.74, 6) is 2.02. The highest BCUT2D eigenvalue weighted by atomic mass is 32.2. The Bertz CT molecular complexity index is 349. The van der Waals surface area contributed by atoms with Crippen LogP contribution < -0.4 is 5.32 Å². The molecule has 2 heterocycles. The fourth-order valence-electron chi connectivity index (χ4n) is 3.79. The maximum absolute atomic E-state index is 4.87. The van der Waals surface area contributed by atoms with E-state index in [2.05, 4.69) is 24.2 Å². The number of nitrogens with one attached hydrogen (secondary N) is 1. The molecule has 0 aromatic heterocycles. The topological polar surface area (TPSA) is 27.6 Å². The number of piperidine rings is 1. The molecule has 108 valence electrons. The van der Waals surface area contributed by atoms with E-state index in [9.17, 15) is 0 Å². The number of hydrogen-bond acceptors (Lipinski definition) is 4. The molecule has 1 saturated heterocycles. The van der Waals surface area contributed by atoms with Gasteiger partial charge in [0.05, 0.1) is 0 Å². The van der Waals surface area contributed by atoms with Gasteiger partial charge >= 0.3 is 0 Å². The Morgan fingerprint density at radius 3 is 2.79 bits per heavy atom. The van der Waals surface area contributed by atoms with E-state index in [4.69, 9.17) is 4.99 Å². The molecule has 1 aliphatic carbocycles. The van der Waals surface area contributed by atoms with E-state index in [1.807, 2.05) is 11.8 Å². The molecule has 3 rings (SSSR count). The number of thioether (sulfide) groups is 1. The summed E-state index contributed by atoms with van der Waals surface area (Å²) >= 11 is 1.98. The summed E-state index contributed by atoms with van der Waals surface area (Å²) in [4.78, 5) is 7.30. The molecule has 4 heteroatoms. The van der Waals surface area contributed by atoms with Crippen LogP contribution in [0, 0.1) is 11.3 Å². The summed E-state index contributed by atoms with van der Waals surface area (Å²) < 4.78 is 0. The van der Waals surface area contributed by atoms with Gasteiger partial charge in [0.2, 0.25) is 0 Å². The molecular formula is C15H27N3S. The minimum atomic E-state index is 0.564. The van der Waals surface area contributed by atoms with Gasteiger partial charge in [0.15, 0.2) is 5.17 Å². The highest BCUT2D eigenvalue weighted by Gasteiger charge is 2.37. The van der Waals surface area contributed by atoms with E-state index >= 15 is 0 Å². The molecule has 2 aliphatic heterocycles. The lowest BCUT2D eigenvalue weighted by molar-refractivity contribution is 0.187. The van der Waals surface area contributed by atoms with Crippen molar-refractivity contribution in [2.75, 3.05) is 32.4 Å². The van der Waals surface area contributed by atoms with Gasteiger partial charge in [0, 0.05) is 24.9 Å². The van der Waals surface area contributed by atoms with Crippen LogP contribution in [0.1, 0.15) is 39.0 Å². The molecular weight excluding hydrogens is 254 g/mol. The third kappa shape index (κ3) is 3.10. The number of nitrogens with zero attached hydrogens (tertiary/aromatic N) is 2. The largest absolute Gasteiger partial charge is 0.362 e. The highest BCUT2D eigenvalue weighted by molar-refractivity contribution is 8.13. The van der Waals surface area contributed by atoms with E-state index in [1.165, 1.54) is 56.1 Å². The normalized spacial score (nSPS) is 35.4. The molecule has 2 atom stereocenters. The van der Waals surface area contributed by atoms with Crippen LogP contribution in [0.3, 0.4) is 0 Å². The van der Waals surface area contributed by atoms with Crippen LogP contribution in [-0.2, 0) is 0 Å². The lowest BCUT2D eigenvalue weighted by Gasteiger charge is -2.37. The molecule has 2 fully saturated rings. The van der Waals surface area contributed by atoms with Crippen molar-refractivity contribution in [1.82, 2.24) is 10.2 Å². The number of amidine groups is 1. The highest BCUT2D eigenvalue weighted by Crippen LogP contribution is 2.43. The third-order valence-electron chi connectivity index (χ3n) is 5.15. The number of aliphatic imine (C=N–C) groups is 1. The number of hydrogen-bond donors (Lipinski definition) is 1. The standard InChI is InChI=1S/C15H27N3S/c1-12-9-18(2)8-5-13(12)17-14-16-10-15(11-19-14)6-3-4-7-15/h12-13H,3-11H2,1-2H3,(H,16,17). The average molecular weight is 281 g/mol. The maximum Gasteiger partial charge on any atom is 0.156 e. The first kappa shape index (κ1) is 13.7. The molecule has 0 aromatic carbocycles. The molecule has 1 N–H and O–H groups in total. The van der Waals surface area contributed by atoms with Crippen LogP contribution in [0.25, 0.3) is 0 Å². The first-order valence-electron chi connectivity index (χ1n) is 7.79. The molecule has 0 radical (unpaired) electrons. The Labute approximate surface area is 121 Å². The second kappa shape index (κ2) is 5.65. The zero-order valence-corrected chi connectivity index (χ0v) is 13.1. The molecule has 1 spiro atoms. The maximum atomic E-state index is 4.87. The van der Waals surface area contributed by atoms with Gasteiger partial charge < -0.3 is 10.2 Å². The van der Waals surface area contributed by atoms with Gasteiger partial charge in [-0.15, -0.1) is 0 Å². The second-order valence-corrected chi connectivity index (χ2v) is 7.86. The zero-order chi connectivity index (χ0) is 13.3. The summed E-state index contributed by atoms with van der Waals surface area (Å²) in [5, 5.41) is 4.94. The average Bonchev–Trinajstić information content (AvgIpc) is 2.84. The van der Waals surface area contributed by atoms with E-state index in [-0.39, 0.29) is 0 Å². The van der Waals surface area contributed by atoms with Gasteiger partial charge in [0.25, 0.3) is 0 Å². The first-order chi connectivity index (χ1) is 9.17. The fraction of sp³-hybridized carbons (Fsp3) is 0.933. The van der Waals surface area contributed by atoms with E-state index in [0.29, 0.717) is 11.5 Å². The van der Waals surface area contributed by atoms with Crippen molar-refractivity contribution in [1.29, 1.82) is 0 Å². The third-order valence-corrected chi connectivity index (χ3v) is 6.43. The molecule has 1 saturated carbocycles. The predicted molar refractivity (Wildman–Crippen MR) is 83.9 cm³/mol. The number of likely N-dealkylation sites (tertiary alicyclic amines) is 1. The van der Waals surface area contributed by atoms with Crippen molar-refractivity contribution in [2.45, 2.75) is 45.1 Å². The molecule has 0 bridgehead atoms. The lowest BCUT2D eigenvalue weighted by Crippen LogP contribution is -2.49. The molecule has 0 aromatic rings. The van der Waals surface area contributed by atoms with Crippen molar-refractivity contribution in [3.8, 4) is 0 Å². The van der Waals surface area contributed by atoms with Crippen LogP contribution in [0.15, 0.2) is 4.99 Å². The zero-order valence-electron chi connectivity index (χ0n) is 12.3. The van der Waals surface area contributed by atoms with Gasteiger partial charge in [-0.1, -0.05) is 31.5 Å². The Morgan fingerprint density at radius 1 is 1.37 bits per heavy atom. The van der Waals surface area contributed by atoms with E-state index in [1.54, 1.807) is 0 Å². The van der Waals surface area contributed by atoms with Gasteiger partial charge in [-0.3, -0.25) is 4.99 Å². The second-order valence-electron chi connectivity index (χ2n) is 6.90. The Balaban J connectivity index is 1.55. The fourth-order valence-corrected chi connectivity index (χ4v) is 5.01. The minimum absolute atomic E-state index is 0.564. The summed E-state index contributed by atoms with van der Waals surface area (Å²) in [5.41, 5.74) is 0.564. The molecule has 2 unspecified atom stereocenters. The summed E-state index contributed by atoms with van der Waals surface area (Å²) in [6.07, 6.45) is 6.90. The Morgan fingerprint density at radius 2 is 2.16 bits per heavy atom. The summed E-state index contributed by atoms with van der Waals surface area (Å²) in [6.45, 7) is 5.85. The van der Waals surface area contributed by atoms with Crippen LogP contribution in [0.5, 0.6) is 0 Å². The van der Waals surface area contributed by atoms with Crippen molar-refractivity contribution in [3.05, 3.63) is 0 Å². The van der Waals surface area contributed by atoms with Gasteiger partial charge in [-0.05, 0) is 44.2 Å². The van der Waals surface area contributed by atoms with Crippen LogP contribution in [0.2, 0.25) is 0 Å². The Hall–Kier alpha value is -0.220. The molecule has 3 nitrogen and oxygen atoms in total. The van der Waals surface area contributed by atoms with Crippen molar-refractivity contribution in [2.24, 2.45) is 16.3 Å². The Kier molecular flexibility index (Phi) is 4.08. The van der Waals surface area contributed by atoms with Crippen molar-refractivity contribution >= 4 is 16.9 Å². The summed E-state index contributed by atoms with van der Waals surface area (Å²) in [7, 11) is 2.23. The predicted octanol–water partition coefficient (Wildman–Crippen LogP) is 2.58. The van der Waals surface area contributed by atoms with Crippen LogP contribution in [-0.4, -0.2) is 48.5 Å². The van der Waals surface area contributed by atoms with Gasteiger partial charge in [-0.25, -0.2) is 0 Å². The summed E-state index contributed by atoms with van der Waals surface area (Å²) in [6, 6.07) is 0.625. The van der Waals surface area contributed by atoms with Crippen molar-refractivity contribution < 1.29 is 0 Å². The lowest BCUT2D eigenvalue weighted by atomic mass is 9.89. The first-order valence-corrected chi connectivity index (χ1v) is 8.78. The van der Waals surface area contributed by atoms with Crippen LogP contribution >= 0.6 is 11.8 Å². The van der Waals surface area contributed by atoms with E-state index in [0.717, 1.165) is 12.5 Å². The van der Waals surface area contributed by atoms with Gasteiger partial charge in [0.1, 0.15) is 0 Å². The molecule has 0 amide bonds. The van der Waals surface area contributed by atoms with E-state index < -0.39 is 0 Å². The SMILES string of the molecule is CC1CN(C)CCC1NC1=NCC2(CCCC2)CS1. The quantitative estimate of drug-likeness (QED) is 0.800. The van der Waals surface area contributed by atoms with Crippen LogP contribution in [0.4, 0.5) is 0 Å². The number of rotatable bonds is 1. The smallest absolute Gasteiger partial charge is 0.156 e. The molecule has 19 heavy (non-hydrogen) atoms. The monoisotopic (exact) mass is 281 g/mol. The molecule has 3 aliphatic rings. The van der Waals surface area contributed by atoms with Crippen molar-refractivity contribution in [3.63, 3.8) is 0 Å². The minimum Gasteiger partial charge on any atom is -0.362 e.